The SMILES string of the molecule is CC(C#N)CSc1ccccc1NC(=O)NC(C)c1ccc(Cl)cc1Cl. The van der Waals surface area contributed by atoms with E-state index in [1.807, 2.05) is 38.1 Å². The summed E-state index contributed by atoms with van der Waals surface area (Å²) in [6.45, 7) is 3.72. The molecule has 0 saturated heterocycles. The van der Waals surface area contributed by atoms with E-state index in [-0.39, 0.29) is 18.0 Å². The lowest BCUT2D eigenvalue weighted by Gasteiger charge is -2.17. The van der Waals surface area contributed by atoms with Gasteiger partial charge in [0.05, 0.1) is 23.7 Å². The van der Waals surface area contributed by atoms with Gasteiger partial charge in [-0.2, -0.15) is 5.26 Å². The number of hydrogen-bond donors (Lipinski definition) is 2. The number of nitriles is 1. The van der Waals surface area contributed by atoms with Gasteiger partial charge >= 0.3 is 6.03 Å². The molecule has 136 valence electrons. The van der Waals surface area contributed by atoms with Gasteiger partial charge in [0.2, 0.25) is 0 Å². The van der Waals surface area contributed by atoms with Crippen LogP contribution in [0.5, 0.6) is 0 Å². The Bertz CT molecular complexity index is 823. The van der Waals surface area contributed by atoms with Crippen LogP contribution in [0.1, 0.15) is 25.5 Å². The van der Waals surface area contributed by atoms with Crippen molar-refractivity contribution in [1.82, 2.24) is 5.32 Å². The van der Waals surface area contributed by atoms with Gasteiger partial charge in [-0.15, -0.1) is 11.8 Å². The minimum atomic E-state index is -0.329. The molecule has 2 unspecified atom stereocenters. The fourth-order valence-electron chi connectivity index (χ4n) is 2.23. The van der Waals surface area contributed by atoms with E-state index in [4.69, 9.17) is 28.5 Å². The molecule has 2 aromatic rings. The first-order valence-corrected chi connectivity index (χ1v) is 9.78. The Balaban J connectivity index is 2.02. The summed E-state index contributed by atoms with van der Waals surface area (Å²) < 4.78 is 0. The molecule has 0 bridgehead atoms. The van der Waals surface area contributed by atoms with Gasteiger partial charge in [-0.05, 0) is 43.7 Å². The predicted octanol–water partition coefficient (Wildman–Crippen LogP) is 6.13. The highest BCUT2D eigenvalue weighted by molar-refractivity contribution is 7.99. The number of halogens is 2. The van der Waals surface area contributed by atoms with Crippen molar-refractivity contribution in [2.45, 2.75) is 24.8 Å². The second-order valence-electron chi connectivity index (χ2n) is 5.82. The summed E-state index contributed by atoms with van der Waals surface area (Å²) in [6, 6.07) is 14.3. The van der Waals surface area contributed by atoms with Crippen molar-refractivity contribution in [2.24, 2.45) is 5.92 Å². The number of para-hydroxylation sites is 1. The topological polar surface area (TPSA) is 64.9 Å². The number of carbonyl (C=O) groups excluding carboxylic acids is 1. The number of thioether (sulfide) groups is 1. The maximum Gasteiger partial charge on any atom is 0.319 e. The van der Waals surface area contributed by atoms with Crippen molar-refractivity contribution in [3.05, 3.63) is 58.1 Å². The van der Waals surface area contributed by atoms with Crippen LogP contribution in [0, 0.1) is 17.2 Å². The fraction of sp³-hybridized carbons (Fsp3) is 0.263. The Hall–Kier alpha value is -1.87. The van der Waals surface area contributed by atoms with E-state index in [0.29, 0.717) is 21.5 Å². The smallest absolute Gasteiger partial charge is 0.319 e. The first-order chi connectivity index (χ1) is 12.4. The summed E-state index contributed by atoms with van der Waals surface area (Å²) in [5.41, 5.74) is 1.49. The van der Waals surface area contributed by atoms with Gasteiger partial charge in [0.25, 0.3) is 0 Å². The summed E-state index contributed by atoms with van der Waals surface area (Å²) in [5.74, 6) is 0.599. The van der Waals surface area contributed by atoms with Crippen molar-refractivity contribution in [3.8, 4) is 6.07 Å². The van der Waals surface area contributed by atoms with Gasteiger partial charge < -0.3 is 10.6 Å². The van der Waals surface area contributed by atoms with Crippen LogP contribution in [0.2, 0.25) is 10.0 Å². The maximum absolute atomic E-state index is 12.4. The van der Waals surface area contributed by atoms with Gasteiger partial charge in [-0.25, -0.2) is 4.79 Å². The molecule has 0 spiro atoms. The molecule has 7 heteroatoms. The molecule has 0 aliphatic heterocycles. The zero-order chi connectivity index (χ0) is 19.1. The Kier molecular flexibility index (Phi) is 7.65. The Morgan fingerprint density at radius 2 is 1.96 bits per heavy atom. The van der Waals surface area contributed by atoms with Crippen LogP contribution in [0.3, 0.4) is 0 Å². The molecule has 0 aromatic heterocycles. The quantitative estimate of drug-likeness (QED) is 0.566. The molecule has 2 N–H and O–H groups in total. The van der Waals surface area contributed by atoms with E-state index in [2.05, 4.69) is 16.7 Å². The number of benzene rings is 2. The second kappa shape index (κ2) is 9.72. The second-order valence-corrected chi connectivity index (χ2v) is 7.73. The highest BCUT2D eigenvalue weighted by Gasteiger charge is 2.14. The average Bonchev–Trinajstić information content (AvgIpc) is 2.60. The minimum Gasteiger partial charge on any atom is -0.331 e. The molecule has 0 heterocycles. The summed E-state index contributed by atoms with van der Waals surface area (Å²) in [7, 11) is 0. The molecule has 4 nitrogen and oxygen atoms in total. The number of amides is 2. The Morgan fingerprint density at radius 1 is 1.23 bits per heavy atom. The number of nitrogens with one attached hydrogen (secondary N) is 2. The van der Waals surface area contributed by atoms with Gasteiger partial charge in [-0.3, -0.25) is 0 Å². The zero-order valence-electron chi connectivity index (χ0n) is 14.4. The van der Waals surface area contributed by atoms with Crippen molar-refractivity contribution in [3.63, 3.8) is 0 Å². The third kappa shape index (κ3) is 5.84. The van der Waals surface area contributed by atoms with Crippen molar-refractivity contribution in [2.75, 3.05) is 11.1 Å². The largest absolute Gasteiger partial charge is 0.331 e. The number of carbonyl (C=O) groups is 1. The Morgan fingerprint density at radius 3 is 2.65 bits per heavy atom. The van der Waals surface area contributed by atoms with Crippen LogP contribution in [0.25, 0.3) is 0 Å². The van der Waals surface area contributed by atoms with Crippen molar-refractivity contribution in [1.29, 1.82) is 5.26 Å². The van der Waals surface area contributed by atoms with E-state index in [9.17, 15) is 4.79 Å². The van der Waals surface area contributed by atoms with E-state index in [0.717, 1.165) is 10.5 Å². The van der Waals surface area contributed by atoms with Gasteiger partial charge in [0.15, 0.2) is 0 Å². The molecule has 2 atom stereocenters. The number of rotatable bonds is 6. The number of anilines is 1. The van der Waals surface area contributed by atoms with Crippen molar-refractivity contribution >= 4 is 46.7 Å². The first-order valence-electron chi connectivity index (χ1n) is 8.04. The third-order valence-corrected chi connectivity index (χ3v) is 5.52. The molecule has 0 aliphatic carbocycles. The normalized spacial score (nSPS) is 12.7. The van der Waals surface area contributed by atoms with E-state index < -0.39 is 0 Å². The molecule has 2 amide bonds. The maximum atomic E-state index is 12.4. The molecule has 0 radical (unpaired) electrons. The molecule has 0 fully saturated rings. The van der Waals surface area contributed by atoms with E-state index >= 15 is 0 Å². The summed E-state index contributed by atoms with van der Waals surface area (Å²) >= 11 is 13.6. The number of nitrogens with zero attached hydrogens (tertiary/aromatic N) is 1. The predicted molar refractivity (Wildman–Crippen MR) is 109 cm³/mol. The molecule has 2 rings (SSSR count). The molecule has 0 aliphatic rings. The van der Waals surface area contributed by atoms with Crippen LogP contribution in [0.4, 0.5) is 10.5 Å². The molecular formula is C19H19Cl2N3OS. The lowest BCUT2D eigenvalue weighted by atomic mass is 10.1. The number of hydrogen-bond acceptors (Lipinski definition) is 3. The monoisotopic (exact) mass is 407 g/mol. The van der Waals surface area contributed by atoms with Crippen LogP contribution in [0.15, 0.2) is 47.4 Å². The number of urea groups is 1. The third-order valence-electron chi connectivity index (χ3n) is 3.62. The van der Waals surface area contributed by atoms with Crippen LogP contribution in [-0.2, 0) is 0 Å². The highest BCUT2D eigenvalue weighted by Crippen LogP contribution is 2.29. The molecular weight excluding hydrogens is 389 g/mol. The van der Waals surface area contributed by atoms with Gasteiger partial charge in [0, 0.05) is 20.7 Å². The lowest BCUT2D eigenvalue weighted by Crippen LogP contribution is -2.31. The molecule has 26 heavy (non-hydrogen) atoms. The Labute approximate surface area is 167 Å². The van der Waals surface area contributed by atoms with Crippen LogP contribution < -0.4 is 10.6 Å². The highest BCUT2D eigenvalue weighted by atomic mass is 35.5. The summed E-state index contributed by atoms with van der Waals surface area (Å²) in [6.07, 6.45) is 0. The van der Waals surface area contributed by atoms with Crippen molar-refractivity contribution < 1.29 is 4.79 Å². The van der Waals surface area contributed by atoms with Crippen LogP contribution >= 0.6 is 35.0 Å². The minimum absolute atomic E-state index is 0.0612. The summed E-state index contributed by atoms with van der Waals surface area (Å²) in [4.78, 5) is 13.3. The van der Waals surface area contributed by atoms with Crippen LogP contribution in [-0.4, -0.2) is 11.8 Å². The van der Waals surface area contributed by atoms with Gasteiger partial charge in [-0.1, -0.05) is 41.4 Å². The summed E-state index contributed by atoms with van der Waals surface area (Å²) in [5, 5.41) is 15.7. The van der Waals surface area contributed by atoms with Gasteiger partial charge in [0.1, 0.15) is 0 Å². The van der Waals surface area contributed by atoms with E-state index in [1.165, 1.54) is 0 Å². The lowest BCUT2D eigenvalue weighted by molar-refractivity contribution is 0.249. The molecule has 2 aromatic carbocycles. The molecule has 0 saturated carbocycles. The standard InChI is InChI=1S/C19H19Cl2N3OS/c1-12(10-22)11-26-18-6-4-3-5-17(18)24-19(25)23-13(2)15-8-7-14(20)9-16(15)21/h3-9,12-13H,11H2,1-2H3,(H2,23,24,25). The zero-order valence-corrected chi connectivity index (χ0v) is 16.8. The fourth-order valence-corrected chi connectivity index (χ4v) is 3.76. The average molecular weight is 408 g/mol. The van der Waals surface area contributed by atoms with E-state index in [1.54, 1.807) is 30.0 Å². The first kappa shape index (κ1) is 20.4.